The Morgan fingerprint density at radius 1 is 1.24 bits per heavy atom. The van der Waals surface area contributed by atoms with E-state index in [2.05, 4.69) is 47.1 Å². The molecule has 1 unspecified atom stereocenters. The van der Waals surface area contributed by atoms with E-state index in [9.17, 15) is 0 Å². The number of hydrogen-bond acceptors (Lipinski definition) is 4. The Morgan fingerprint density at radius 3 is 2.76 bits per heavy atom. The molecule has 0 aliphatic carbocycles. The highest BCUT2D eigenvalue weighted by molar-refractivity contribution is 7.09. The maximum Gasteiger partial charge on any atom is 0.0798 e. The molecule has 3 nitrogen and oxygen atoms in total. The van der Waals surface area contributed by atoms with Gasteiger partial charge in [-0.15, -0.1) is 11.3 Å². The second-order valence-corrected chi connectivity index (χ2v) is 8.66. The number of hydrogen-bond donors (Lipinski definition) is 0. The lowest BCUT2D eigenvalue weighted by Gasteiger charge is -2.46. The molecule has 4 rings (SSSR count). The summed E-state index contributed by atoms with van der Waals surface area (Å²) in [5.41, 5.74) is 4.77. The average Bonchev–Trinajstić information content (AvgIpc) is 3.03. The fourth-order valence-corrected chi connectivity index (χ4v) is 5.22. The van der Waals surface area contributed by atoms with Crippen LogP contribution in [0.3, 0.4) is 0 Å². The number of aryl methyl sites for hydroxylation is 1. The number of benzene rings is 1. The Hall–Kier alpha value is -1.23. The number of likely N-dealkylation sites (tertiary alicyclic amines) is 1. The maximum absolute atomic E-state index is 6.35. The molecule has 1 aromatic heterocycles. The minimum Gasteiger partial charge on any atom is -0.375 e. The Kier molecular flexibility index (Phi) is 5.20. The topological polar surface area (TPSA) is 25.4 Å². The Balaban J connectivity index is 1.33. The normalized spacial score (nSPS) is 23.8. The van der Waals surface area contributed by atoms with Crippen molar-refractivity contribution in [2.24, 2.45) is 5.92 Å². The van der Waals surface area contributed by atoms with E-state index in [0.29, 0.717) is 0 Å². The summed E-state index contributed by atoms with van der Waals surface area (Å²) in [6.07, 6.45) is 6.00. The highest BCUT2D eigenvalue weighted by Crippen LogP contribution is 2.39. The van der Waals surface area contributed by atoms with Crippen LogP contribution in [0.15, 0.2) is 35.8 Å². The summed E-state index contributed by atoms with van der Waals surface area (Å²) < 4.78 is 6.35. The average molecular weight is 357 g/mol. The van der Waals surface area contributed by atoms with Gasteiger partial charge in [0.2, 0.25) is 0 Å². The van der Waals surface area contributed by atoms with Crippen LogP contribution in [0.1, 0.15) is 41.8 Å². The van der Waals surface area contributed by atoms with Crippen LogP contribution in [-0.2, 0) is 17.7 Å². The zero-order chi connectivity index (χ0) is 17.1. The third-order valence-corrected chi connectivity index (χ3v) is 6.86. The van der Waals surface area contributed by atoms with E-state index in [4.69, 9.17) is 4.74 Å². The van der Waals surface area contributed by atoms with Gasteiger partial charge in [0.25, 0.3) is 0 Å². The monoisotopic (exact) mass is 356 g/mol. The molecule has 2 saturated heterocycles. The second kappa shape index (κ2) is 7.56. The van der Waals surface area contributed by atoms with Crippen molar-refractivity contribution >= 4 is 11.3 Å². The Bertz CT molecular complexity index is 676. The van der Waals surface area contributed by atoms with Crippen LogP contribution >= 0.6 is 11.3 Å². The first-order chi connectivity index (χ1) is 12.2. The molecule has 0 N–H and O–H groups in total. The van der Waals surface area contributed by atoms with E-state index < -0.39 is 0 Å². The van der Waals surface area contributed by atoms with E-state index in [-0.39, 0.29) is 5.60 Å². The number of ether oxygens (including phenoxy) is 1. The van der Waals surface area contributed by atoms with Crippen LogP contribution in [0.5, 0.6) is 0 Å². The zero-order valence-electron chi connectivity index (χ0n) is 15.1. The predicted molar refractivity (Wildman–Crippen MR) is 103 cm³/mol. The third-order valence-electron chi connectivity index (χ3n) is 5.94. The van der Waals surface area contributed by atoms with Gasteiger partial charge < -0.3 is 4.74 Å². The van der Waals surface area contributed by atoms with E-state index >= 15 is 0 Å². The summed E-state index contributed by atoms with van der Waals surface area (Å²) in [4.78, 5) is 8.38. The molecule has 1 atom stereocenters. The van der Waals surface area contributed by atoms with E-state index in [1.807, 2.05) is 5.51 Å². The molecule has 4 heteroatoms. The summed E-state index contributed by atoms with van der Waals surface area (Å²) in [6, 6.07) is 11.0. The smallest absolute Gasteiger partial charge is 0.0798 e. The molecule has 0 saturated carbocycles. The Labute approximate surface area is 155 Å². The van der Waals surface area contributed by atoms with Crippen molar-refractivity contribution in [2.75, 3.05) is 19.7 Å². The number of aromatic nitrogens is 1. The van der Waals surface area contributed by atoms with Crippen LogP contribution in [0, 0.1) is 12.8 Å². The number of piperidine rings is 1. The van der Waals surface area contributed by atoms with Crippen molar-refractivity contribution in [3.63, 3.8) is 0 Å². The van der Waals surface area contributed by atoms with Gasteiger partial charge in [0.1, 0.15) is 0 Å². The van der Waals surface area contributed by atoms with E-state index in [0.717, 1.165) is 32.2 Å². The van der Waals surface area contributed by atoms with Crippen molar-refractivity contribution in [3.05, 3.63) is 52.0 Å². The molecule has 3 heterocycles. The molecule has 2 aliphatic rings. The van der Waals surface area contributed by atoms with Crippen LogP contribution in [-0.4, -0.2) is 35.2 Å². The molecular formula is C21H28N2OS. The van der Waals surface area contributed by atoms with Gasteiger partial charge in [0.15, 0.2) is 0 Å². The van der Waals surface area contributed by atoms with Gasteiger partial charge >= 0.3 is 0 Å². The molecule has 2 aromatic rings. The summed E-state index contributed by atoms with van der Waals surface area (Å²) in [6.45, 7) is 6.41. The lowest BCUT2D eigenvalue weighted by molar-refractivity contribution is -0.127. The summed E-state index contributed by atoms with van der Waals surface area (Å²) >= 11 is 1.79. The van der Waals surface area contributed by atoms with E-state index in [1.165, 1.54) is 48.2 Å². The minimum absolute atomic E-state index is 0.136. The molecule has 1 spiro atoms. The van der Waals surface area contributed by atoms with Crippen molar-refractivity contribution in [1.82, 2.24) is 9.88 Å². The molecule has 0 amide bonds. The standard InChI is InChI=1S/C21H28N2OS/c1-17-20(25-16-22-17)15-23-10-8-21(9-11-23)14-19(7-12-24-21)13-18-5-3-2-4-6-18/h2-6,16,19H,7-15H2,1H3. The molecule has 134 valence electrons. The molecule has 2 aliphatic heterocycles. The lowest BCUT2D eigenvalue weighted by atomic mass is 9.77. The minimum atomic E-state index is 0.136. The molecule has 0 radical (unpaired) electrons. The molecular weight excluding hydrogens is 328 g/mol. The van der Waals surface area contributed by atoms with Gasteiger partial charge in [-0.3, -0.25) is 4.90 Å². The number of thiazole rings is 1. The highest BCUT2D eigenvalue weighted by atomic mass is 32.1. The largest absolute Gasteiger partial charge is 0.375 e. The van der Waals surface area contributed by atoms with Gasteiger partial charge in [0, 0.05) is 31.1 Å². The number of rotatable bonds is 4. The first-order valence-electron chi connectivity index (χ1n) is 9.52. The fraction of sp³-hybridized carbons (Fsp3) is 0.571. The van der Waals surface area contributed by atoms with Crippen molar-refractivity contribution in [3.8, 4) is 0 Å². The quantitative estimate of drug-likeness (QED) is 0.809. The number of nitrogens with zero attached hydrogens (tertiary/aromatic N) is 2. The van der Waals surface area contributed by atoms with Crippen LogP contribution < -0.4 is 0 Å². The molecule has 25 heavy (non-hydrogen) atoms. The van der Waals surface area contributed by atoms with Crippen molar-refractivity contribution < 1.29 is 4.74 Å². The van der Waals surface area contributed by atoms with Gasteiger partial charge in [-0.25, -0.2) is 4.98 Å². The van der Waals surface area contributed by atoms with Crippen LogP contribution in [0.25, 0.3) is 0 Å². The van der Waals surface area contributed by atoms with Crippen molar-refractivity contribution in [1.29, 1.82) is 0 Å². The summed E-state index contributed by atoms with van der Waals surface area (Å²) in [5.74, 6) is 0.770. The zero-order valence-corrected chi connectivity index (χ0v) is 15.9. The van der Waals surface area contributed by atoms with Crippen LogP contribution in [0.4, 0.5) is 0 Å². The predicted octanol–water partition coefficient (Wildman–Crippen LogP) is 4.46. The van der Waals surface area contributed by atoms with E-state index in [1.54, 1.807) is 11.3 Å². The molecule has 1 aromatic carbocycles. The first-order valence-corrected chi connectivity index (χ1v) is 10.4. The molecule has 0 bridgehead atoms. The fourth-order valence-electron chi connectivity index (χ4n) is 4.40. The Morgan fingerprint density at radius 2 is 2.04 bits per heavy atom. The second-order valence-electron chi connectivity index (χ2n) is 7.72. The van der Waals surface area contributed by atoms with Gasteiger partial charge in [-0.2, -0.15) is 0 Å². The van der Waals surface area contributed by atoms with Gasteiger partial charge in [-0.05, 0) is 50.5 Å². The molecule has 2 fully saturated rings. The first kappa shape index (κ1) is 17.2. The maximum atomic E-state index is 6.35. The van der Waals surface area contributed by atoms with Crippen molar-refractivity contribution in [2.45, 2.75) is 51.2 Å². The SMILES string of the molecule is Cc1ncsc1CN1CCC2(CC1)CC(Cc1ccccc1)CCO2. The summed E-state index contributed by atoms with van der Waals surface area (Å²) in [5, 5.41) is 0. The highest BCUT2D eigenvalue weighted by Gasteiger charge is 2.40. The van der Waals surface area contributed by atoms with Crippen LogP contribution in [0.2, 0.25) is 0 Å². The lowest BCUT2D eigenvalue weighted by Crippen LogP contribution is -2.49. The summed E-state index contributed by atoms with van der Waals surface area (Å²) in [7, 11) is 0. The third kappa shape index (κ3) is 4.13. The van der Waals surface area contributed by atoms with Gasteiger partial charge in [-0.1, -0.05) is 30.3 Å². The van der Waals surface area contributed by atoms with Gasteiger partial charge in [0.05, 0.1) is 16.8 Å².